The number of carbonyl (C=O) groups excluding carboxylic acids is 1. The number of para-hydroxylation sites is 1. The van der Waals surface area contributed by atoms with Gasteiger partial charge in [0.2, 0.25) is 0 Å². The predicted molar refractivity (Wildman–Crippen MR) is 115 cm³/mol. The first kappa shape index (κ1) is 18.4. The molecule has 0 radical (unpaired) electrons. The maximum absolute atomic E-state index is 12.9. The van der Waals surface area contributed by atoms with E-state index in [1.165, 1.54) is 0 Å². The van der Waals surface area contributed by atoms with Crippen LogP contribution in [0.4, 0.5) is 11.4 Å². The number of morpholine rings is 1. The number of fused-ring (bicyclic) bond motifs is 3. The van der Waals surface area contributed by atoms with Crippen molar-refractivity contribution in [2.24, 2.45) is 0 Å². The molecule has 4 aromatic rings. The van der Waals surface area contributed by atoms with Gasteiger partial charge >= 0.3 is 0 Å². The number of nitrogens with zero attached hydrogens (tertiary/aromatic N) is 2. The first-order valence-corrected chi connectivity index (χ1v) is 9.82. The van der Waals surface area contributed by atoms with Crippen LogP contribution in [0.2, 0.25) is 0 Å². The molecular formula is C23H21N3O4. The number of rotatable bonds is 4. The number of amides is 1. The lowest BCUT2D eigenvalue weighted by Gasteiger charge is -2.28. The molecule has 5 rings (SSSR count). The highest BCUT2D eigenvalue weighted by Crippen LogP contribution is 2.36. The van der Waals surface area contributed by atoms with Crippen LogP contribution in [0.5, 0.6) is 5.75 Å². The Bertz CT molecular complexity index is 1230. The van der Waals surface area contributed by atoms with Crippen LogP contribution in [-0.2, 0) is 4.74 Å². The minimum atomic E-state index is -0.307. The molecule has 30 heavy (non-hydrogen) atoms. The van der Waals surface area contributed by atoms with E-state index in [9.17, 15) is 4.79 Å². The van der Waals surface area contributed by atoms with E-state index in [4.69, 9.17) is 13.9 Å². The number of aromatic nitrogens is 1. The third-order valence-corrected chi connectivity index (χ3v) is 5.30. The molecule has 0 bridgehead atoms. The topological polar surface area (TPSA) is 76.8 Å². The number of benzene rings is 2. The van der Waals surface area contributed by atoms with Gasteiger partial charge in [0.25, 0.3) is 5.91 Å². The van der Waals surface area contributed by atoms with Crippen LogP contribution in [0.25, 0.3) is 21.9 Å². The summed E-state index contributed by atoms with van der Waals surface area (Å²) < 4.78 is 16.9. The second-order valence-corrected chi connectivity index (χ2v) is 7.10. The molecule has 7 heteroatoms. The van der Waals surface area contributed by atoms with Gasteiger partial charge in [-0.15, -0.1) is 0 Å². The van der Waals surface area contributed by atoms with Gasteiger partial charge in [-0.1, -0.05) is 18.2 Å². The Morgan fingerprint density at radius 2 is 1.90 bits per heavy atom. The number of carbonyl (C=O) groups is 1. The average molecular weight is 403 g/mol. The molecule has 1 fully saturated rings. The Balaban J connectivity index is 1.46. The molecule has 3 heterocycles. The number of anilines is 2. The SMILES string of the molecule is COc1cc2c(cc1NC(=O)c1cc(N3CCOCC3)ccn1)oc1ccccc12. The number of ether oxygens (including phenoxy) is 2. The zero-order valence-electron chi connectivity index (χ0n) is 16.6. The lowest BCUT2D eigenvalue weighted by Crippen LogP contribution is -2.36. The molecule has 2 aromatic carbocycles. The molecule has 1 saturated heterocycles. The summed E-state index contributed by atoms with van der Waals surface area (Å²) in [6, 6.07) is 15.2. The molecule has 0 spiro atoms. The molecule has 0 unspecified atom stereocenters. The Hall–Kier alpha value is -3.58. The van der Waals surface area contributed by atoms with Crippen molar-refractivity contribution in [3.8, 4) is 5.75 Å². The number of furan rings is 1. The molecule has 1 amide bonds. The standard InChI is InChI=1S/C23H21N3O4/c1-28-22-13-17-16-4-2-3-5-20(16)30-21(17)14-18(22)25-23(27)19-12-15(6-7-24-19)26-8-10-29-11-9-26/h2-7,12-14H,8-11H2,1H3,(H,25,27). The van der Waals surface area contributed by atoms with Crippen molar-refractivity contribution in [3.63, 3.8) is 0 Å². The van der Waals surface area contributed by atoms with E-state index >= 15 is 0 Å². The number of hydrogen-bond acceptors (Lipinski definition) is 6. The van der Waals surface area contributed by atoms with Crippen LogP contribution in [0.15, 0.2) is 59.1 Å². The highest BCUT2D eigenvalue weighted by Gasteiger charge is 2.17. The van der Waals surface area contributed by atoms with Crippen molar-refractivity contribution in [3.05, 3.63) is 60.4 Å². The van der Waals surface area contributed by atoms with E-state index in [-0.39, 0.29) is 5.91 Å². The molecule has 7 nitrogen and oxygen atoms in total. The maximum Gasteiger partial charge on any atom is 0.274 e. The number of nitrogens with one attached hydrogen (secondary N) is 1. The zero-order valence-corrected chi connectivity index (χ0v) is 16.6. The summed E-state index contributed by atoms with van der Waals surface area (Å²) in [5.41, 5.74) is 3.30. The fourth-order valence-electron chi connectivity index (χ4n) is 3.77. The molecule has 1 N–H and O–H groups in total. The van der Waals surface area contributed by atoms with Gasteiger partial charge in [0.05, 0.1) is 26.0 Å². The summed E-state index contributed by atoms with van der Waals surface area (Å²) in [7, 11) is 1.58. The molecule has 0 aliphatic carbocycles. The molecular weight excluding hydrogens is 382 g/mol. The summed E-state index contributed by atoms with van der Waals surface area (Å²) in [6.07, 6.45) is 1.65. The van der Waals surface area contributed by atoms with E-state index < -0.39 is 0 Å². The first-order chi connectivity index (χ1) is 14.7. The molecule has 1 aliphatic heterocycles. The van der Waals surface area contributed by atoms with Gasteiger partial charge < -0.3 is 24.1 Å². The number of methoxy groups -OCH3 is 1. The fourth-order valence-corrected chi connectivity index (χ4v) is 3.77. The third kappa shape index (κ3) is 3.33. The van der Waals surface area contributed by atoms with Crippen molar-refractivity contribution in [1.29, 1.82) is 0 Å². The molecule has 2 aromatic heterocycles. The minimum absolute atomic E-state index is 0.307. The Labute approximate surface area is 173 Å². The molecule has 0 atom stereocenters. The van der Waals surface area contributed by atoms with E-state index in [0.29, 0.717) is 35.9 Å². The Morgan fingerprint density at radius 1 is 1.07 bits per heavy atom. The number of pyridine rings is 1. The molecule has 1 aliphatic rings. The summed E-state index contributed by atoms with van der Waals surface area (Å²) in [5.74, 6) is 0.255. The van der Waals surface area contributed by atoms with Crippen molar-refractivity contribution >= 4 is 39.2 Å². The smallest absolute Gasteiger partial charge is 0.274 e. The van der Waals surface area contributed by atoms with E-state index in [0.717, 1.165) is 35.1 Å². The second kappa shape index (κ2) is 7.68. The summed E-state index contributed by atoms with van der Waals surface area (Å²) >= 11 is 0. The van der Waals surface area contributed by atoms with Crippen LogP contribution in [0.3, 0.4) is 0 Å². The van der Waals surface area contributed by atoms with Crippen molar-refractivity contribution < 1.29 is 18.7 Å². The van der Waals surface area contributed by atoms with Gasteiger partial charge in [0.15, 0.2) is 0 Å². The van der Waals surface area contributed by atoms with Crippen LogP contribution in [0.1, 0.15) is 10.5 Å². The van der Waals surface area contributed by atoms with Crippen LogP contribution in [-0.4, -0.2) is 44.3 Å². The van der Waals surface area contributed by atoms with Gasteiger partial charge in [-0.25, -0.2) is 0 Å². The van der Waals surface area contributed by atoms with Gasteiger partial charge in [-0.05, 0) is 24.3 Å². The fraction of sp³-hybridized carbons (Fsp3) is 0.217. The van der Waals surface area contributed by atoms with Crippen molar-refractivity contribution in [2.75, 3.05) is 43.6 Å². The highest BCUT2D eigenvalue weighted by molar-refractivity contribution is 6.09. The van der Waals surface area contributed by atoms with Crippen molar-refractivity contribution in [2.45, 2.75) is 0 Å². The van der Waals surface area contributed by atoms with Gasteiger partial charge in [-0.2, -0.15) is 0 Å². The largest absolute Gasteiger partial charge is 0.495 e. The zero-order chi connectivity index (χ0) is 20.5. The average Bonchev–Trinajstić information content (AvgIpc) is 3.16. The van der Waals surface area contributed by atoms with Crippen LogP contribution >= 0.6 is 0 Å². The van der Waals surface area contributed by atoms with Gasteiger partial charge in [0, 0.05) is 41.8 Å². The van der Waals surface area contributed by atoms with Crippen molar-refractivity contribution in [1.82, 2.24) is 4.98 Å². The van der Waals surface area contributed by atoms with Crippen LogP contribution in [0, 0.1) is 0 Å². The lowest BCUT2D eigenvalue weighted by molar-refractivity contribution is 0.102. The van der Waals surface area contributed by atoms with E-state index in [1.807, 2.05) is 36.4 Å². The summed E-state index contributed by atoms with van der Waals surface area (Å²) in [6.45, 7) is 2.94. The third-order valence-electron chi connectivity index (χ3n) is 5.30. The molecule has 152 valence electrons. The normalized spacial score (nSPS) is 14.2. The molecule has 0 saturated carbocycles. The summed E-state index contributed by atoms with van der Waals surface area (Å²) in [5, 5.41) is 4.86. The Kier molecular flexibility index (Phi) is 4.72. The van der Waals surface area contributed by atoms with Gasteiger partial charge in [-0.3, -0.25) is 9.78 Å². The quantitative estimate of drug-likeness (QED) is 0.553. The lowest BCUT2D eigenvalue weighted by atomic mass is 10.1. The van der Waals surface area contributed by atoms with Crippen LogP contribution < -0.4 is 15.0 Å². The van der Waals surface area contributed by atoms with E-state index in [1.54, 1.807) is 25.4 Å². The Morgan fingerprint density at radius 3 is 2.73 bits per heavy atom. The predicted octanol–water partition coefficient (Wildman–Crippen LogP) is 4.08. The van der Waals surface area contributed by atoms with E-state index in [2.05, 4.69) is 15.2 Å². The highest BCUT2D eigenvalue weighted by atomic mass is 16.5. The second-order valence-electron chi connectivity index (χ2n) is 7.10. The summed E-state index contributed by atoms with van der Waals surface area (Å²) in [4.78, 5) is 19.4. The number of hydrogen-bond donors (Lipinski definition) is 1. The maximum atomic E-state index is 12.9. The monoisotopic (exact) mass is 403 g/mol. The minimum Gasteiger partial charge on any atom is -0.495 e. The first-order valence-electron chi connectivity index (χ1n) is 9.82. The van der Waals surface area contributed by atoms with Gasteiger partial charge in [0.1, 0.15) is 22.6 Å².